The fraction of sp³-hybridized carbons (Fsp3) is 1.00. The summed E-state index contributed by atoms with van der Waals surface area (Å²) in [5, 5.41) is 0. The van der Waals surface area contributed by atoms with Gasteiger partial charge in [-0.3, -0.25) is 0 Å². The van der Waals surface area contributed by atoms with Crippen LogP contribution in [-0.4, -0.2) is 134 Å². The first-order valence-electron chi connectivity index (χ1n) is 26.0. The molecule has 0 radical (unpaired) electrons. The van der Waals surface area contributed by atoms with Crippen molar-refractivity contribution in [1.82, 2.24) is 0 Å². The van der Waals surface area contributed by atoms with Crippen molar-refractivity contribution in [3.63, 3.8) is 0 Å². The highest BCUT2D eigenvalue weighted by Gasteiger charge is 2.38. The van der Waals surface area contributed by atoms with E-state index in [1.165, 1.54) is 0 Å². The molecule has 0 saturated heterocycles. The molecule has 0 bridgehead atoms. The molecule has 0 amide bonds. The van der Waals surface area contributed by atoms with Gasteiger partial charge in [-0.15, -0.1) is 0 Å². The lowest BCUT2D eigenvalue weighted by atomic mass is 10.3. The quantitative estimate of drug-likeness (QED) is 0.0557. The molecule has 0 aromatic rings. The normalized spacial score (nSPS) is 16.9. The summed E-state index contributed by atoms with van der Waals surface area (Å²) < 4.78 is 70.1. The Bertz CT molecular complexity index is 695. The van der Waals surface area contributed by atoms with Gasteiger partial charge in [-0.05, 0) is 160 Å². The highest BCUT2D eigenvalue weighted by atomic mass is 27.3. The summed E-state index contributed by atoms with van der Waals surface area (Å²) in [7, 11) is 0. The average molecular weight is 985 g/mol. The van der Waals surface area contributed by atoms with Crippen LogP contribution in [0.3, 0.4) is 0 Å². The third-order valence-corrected chi connectivity index (χ3v) is 19.3. The van der Waals surface area contributed by atoms with Gasteiger partial charge in [0.15, 0.2) is 0 Å². The summed E-state index contributed by atoms with van der Waals surface area (Å²) in [4.78, 5) is 0. The predicted octanol–water partition coefficient (Wildman–Crippen LogP) is 13.7. The van der Waals surface area contributed by atoms with E-state index in [1.54, 1.807) is 0 Å². The molecule has 0 aromatic carbocycles. The summed E-state index contributed by atoms with van der Waals surface area (Å²) >= 11 is -7.84. The van der Waals surface area contributed by atoms with Crippen molar-refractivity contribution in [2.24, 2.45) is 0 Å². The Hall–Kier alpha value is 1.65. The summed E-state index contributed by atoms with van der Waals surface area (Å²) in [6.45, 7) is 50.2. The molecule has 16 heteroatoms. The number of hydrogen-bond acceptors (Lipinski definition) is 12. The van der Waals surface area contributed by atoms with Crippen molar-refractivity contribution in [3.05, 3.63) is 0 Å². The van der Waals surface area contributed by atoms with Gasteiger partial charge in [0, 0.05) is 73.2 Å². The molecule has 0 spiro atoms. The second-order valence-electron chi connectivity index (χ2n) is 17.4. The van der Waals surface area contributed by atoms with Crippen molar-refractivity contribution >= 4 is 60.6 Å². The molecule has 12 nitrogen and oxygen atoms in total. The van der Waals surface area contributed by atoms with Crippen LogP contribution < -0.4 is 0 Å². The van der Waals surface area contributed by atoms with Gasteiger partial charge >= 0.3 is 60.6 Å². The van der Waals surface area contributed by atoms with Crippen LogP contribution in [0.25, 0.3) is 0 Å². The first-order valence-corrected chi connectivity index (χ1v) is 31.6. The minimum absolute atomic E-state index is 0.227. The molecule has 0 aromatic heterocycles. The second kappa shape index (κ2) is 48.3. The minimum atomic E-state index is -1.96. The van der Waals surface area contributed by atoms with Gasteiger partial charge in [0.25, 0.3) is 0 Å². The SMILES string of the molecule is CCC(C)[O][Al]([O]C(C)CC)[O]C(C)CC.CCC(C)[O][Al]([O]C(C)CC)[O]C(C)CC.CCC(C)[O][Al]([O]C(C)CC)[O]C(C)CC.CCC(C)[O][Al]([O]C(C)CC)[O]C(C)CC. The summed E-state index contributed by atoms with van der Waals surface area (Å²) in [5.74, 6) is 0. The molecule has 0 aliphatic carbocycles. The Morgan fingerprint density at radius 3 is 0.281 bits per heavy atom. The summed E-state index contributed by atoms with van der Waals surface area (Å²) in [6.07, 6.45) is 14.7. The van der Waals surface area contributed by atoms with Crippen LogP contribution >= 0.6 is 0 Å². The van der Waals surface area contributed by atoms with Gasteiger partial charge in [0.05, 0.1) is 0 Å². The van der Waals surface area contributed by atoms with Crippen LogP contribution in [-0.2, 0) is 45.5 Å². The lowest BCUT2D eigenvalue weighted by Crippen LogP contribution is -2.36. The standard InChI is InChI=1S/12C4H9O.4Al/c12*1-3-4(2)5;;;;/h12*4H,3H2,1-2H3;;;;/q12*-1;4*+3. The Morgan fingerprint density at radius 1 is 0.172 bits per heavy atom. The molecule has 0 rings (SSSR count). The van der Waals surface area contributed by atoms with Crippen LogP contribution in [0.2, 0.25) is 0 Å². The highest BCUT2D eigenvalue weighted by Crippen LogP contribution is 2.14. The fourth-order valence-electron chi connectivity index (χ4n) is 3.82. The van der Waals surface area contributed by atoms with Gasteiger partial charge < -0.3 is 45.5 Å². The highest BCUT2D eigenvalue weighted by molar-refractivity contribution is 6.37. The molecule has 0 saturated carbocycles. The number of rotatable bonds is 36. The zero-order valence-electron chi connectivity index (χ0n) is 46.6. The summed E-state index contributed by atoms with van der Waals surface area (Å²) in [5.41, 5.74) is 0. The van der Waals surface area contributed by atoms with Crippen LogP contribution in [0.5, 0.6) is 0 Å². The first kappa shape index (κ1) is 72.2. The Morgan fingerprint density at radius 2 is 0.234 bits per heavy atom. The van der Waals surface area contributed by atoms with Crippen molar-refractivity contribution in [1.29, 1.82) is 0 Å². The molecule has 12 unspecified atom stereocenters. The van der Waals surface area contributed by atoms with E-state index in [0.29, 0.717) is 0 Å². The number of hydrogen-bond donors (Lipinski definition) is 0. The lowest BCUT2D eigenvalue weighted by Gasteiger charge is -2.23. The monoisotopic (exact) mass is 985 g/mol. The second-order valence-corrected chi connectivity index (χ2v) is 23.0. The van der Waals surface area contributed by atoms with E-state index in [1.807, 2.05) is 0 Å². The summed E-state index contributed by atoms with van der Waals surface area (Å²) in [6, 6.07) is 0. The van der Waals surface area contributed by atoms with Crippen LogP contribution in [0, 0.1) is 0 Å². The molecular weight excluding hydrogens is 876 g/mol. The molecule has 0 N–H and O–H groups in total. The topological polar surface area (TPSA) is 111 Å². The van der Waals surface area contributed by atoms with Crippen LogP contribution in [0.15, 0.2) is 0 Å². The van der Waals surface area contributed by atoms with Gasteiger partial charge in [0.2, 0.25) is 0 Å². The third kappa shape index (κ3) is 46.1. The van der Waals surface area contributed by atoms with Crippen LogP contribution in [0.4, 0.5) is 0 Å². The van der Waals surface area contributed by atoms with Gasteiger partial charge in [-0.2, -0.15) is 0 Å². The zero-order valence-corrected chi connectivity index (χ0v) is 51.2. The fourth-order valence-corrected chi connectivity index (χ4v) is 11.4. The van der Waals surface area contributed by atoms with Crippen molar-refractivity contribution in [2.75, 3.05) is 0 Å². The molecule has 0 heterocycles. The van der Waals surface area contributed by atoms with E-state index in [0.717, 1.165) is 77.0 Å². The molecular formula is C48H108Al4O12. The Kier molecular flexibility index (Phi) is 54.5. The minimum Gasteiger partial charge on any atom is -0.452 e. The van der Waals surface area contributed by atoms with Crippen molar-refractivity contribution in [3.8, 4) is 0 Å². The van der Waals surface area contributed by atoms with Gasteiger partial charge in [-0.1, -0.05) is 83.1 Å². The molecule has 384 valence electrons. The van der Waals surface area contributed by atoms with E-state index < -0.39 is 60.6 Å². The average Bonchev–Trinajstić information content (AvgIpc) is 3.28. The Labute approximate surface area is 419 Å². The molecule has 0 aliphatic rings. The van der Waals surface area contributed by atoms with E-state index >= 15 is 0 Å². The van der Waals surface area contributed by atoms with Gasteiger partial charge in [0.1, 0.15) is 0 Å². The zero-order chi connectivity index (χ0) is 50.2. The van der Waals surface area contributed by atoms with Crippen LogP contribution in [0.1, 0.15) is 243 Å². The maximum Gasteiger partial charge on any atom is 0.906 e. The maximum absolute atomic E-state index is 5.84. The largest absolute Gasteiger partial charge is 0.906 e. The molecule has 12 atom stereocenters. The lowest BCUT2D eigenvalue weighted by molar-refractivity contribution is 0.0173. The van der Waals surface area contributed by atoms with Gasteiger partial charge in [-0.25, -0.2) is 0 Å². The Balaban J connectivity index is -0.000000375. The molecule has 0 aliphatic heterocycles. The van der Waals surface area contributed by atoms with E-state index in [4.69, 9.17) is 45.5 Å². The smallest absolute Gasteiger partial charge is 0.452 e. The van der Waals surface area contributed by atoms with Crippen molar-refractivity contribution in [2.45, 2.75) is 316 Å². The third-order valence-electron chi connectivity index (χ3n) is 11.0. The molecule has 0 fully saturated rings. The van der Waals surface area contributed by atoms with E-state index in [9.17, 15) is 0 Å². The van der Waals surface area contributed by atoms with E-state index in [-0.39, 0.29) is 73.2 Å². The first-order chi connectivity index (χ1) is 30.1. The molecule has 64 heavy (non-hydrogen) atoms. The van der Waals surface area contributed by atoms with Crippen molar-refractivity contribution < 1.29 is 45.5 Å². The predicted molar refractivity (Wildman–Crippen MR) is 273 cm³/mol. The van der Waals surface area contributed by atoms with E-state index in [2.05, 4.69) is 166 Å². The maximum atomic E-state index is 5.84.